The summed E-state index contributed by atoms with van der Waals surface area (Å²) in [4.78, 5) is 5.01. The number of likely N-dealkylation sites (N-methyl/N-ethyl adjacent to an activating group) is 1. The van der Waals surface area contributed by atoms with E-state index in [1.54, 1.807) is 0 Å². The Labute approximate surface area is 81.9 Å². The highest BCUT2D eigenvalue weighted by atomic mass is 15.3. The highest BCUT2D eigenvalue weighted by molar-refractivity contribution is 4.89. The molecule has 1 rings (SSSR count). The molecule has 0 bridgehead atoms. The lowest BCUT2D eigenvalue weighted by Gasteiger charge is -2.46. The van der Waals surface area contributed by atoms with E-state index in [-0.39, 0.29) is 0 Å². The van der Waals surface area contributed by atoms with E-state index in [1.165, 1.54) is 13.1 Å². The van der Waals surface area contributed by atoms with Crippen LogP contribution in [0.4, 0.5) is 0 Å². The first kappa shape index (κ1) is 11.0. The van der Waals surface area contributed by atoms with Crippen LogP contribution in [0.1, 0.15) is 20.8 Å². The third-order valence-electron chi connectivity index (χ3n) is 2.98. The quantitative estimate of drug-likeness (QED) is 0.689. The van der Waals surface area contributed by atoms with Crippen molar-refractivity contribution in [3.05, 3.63) is 0 Å². The van der Waals surface area contributed by atoms with E-state index in [9.17, 15) is 0 Å². The number of piperazine rings is 1. The van der Waals surface area contributed by atoms with Gasteiger partial charge in [-0.2, -0.15) is 0 Å². The molecule has 0 aromatic heterocycles. The van der Waals surface area contributed by atoms with Gasteiger partial charge in [0.15, 0.2) is 0 Å². The van der Waals surface area contributed by atoms with Crippen LogP contribution in [0.5, 0.6) is 0 Å². The van der Waals surface area contributed by atoms with Gasteiger partial charge in [-0.3, -0.25) is 9.80 Å². The Balaban J connectivity index is 2.48. The number of nitrogens with zero attached hydrogens (tertiary/aromatic N) is 2. The van der Waals surface area contributed by atoms with Gasteiger partial charge in [-0.1, -0.05) is 6.92 Å². The molecule has 0 spiro atoms. The molecule has 1 saturated heterocycles. The van der Waals surface area contributed by atoms with Crippen molar-refractivity contribution in [3.63, 3.8) is 0 Å². The Morgan fingerprint density at radius 3 is 2.46 bits per heavy atom. The Hall–Kier alpha value is -0.120. The van der Waals surface area contributed by atoms with E-state index in [2.05, 4.69) is 30.6 Å². The van der Waals surface area contributed by atoms with Crippen molar-refractivity contribution < 1.29 is 0 Å². The molecule has 0 radical (unpaired) electrons. The number of hydrogen-bond donors (Lipinski definition) is 1. The normalized spacial score (nSPS) is 24.9. The fourth-order valence-electron chi connectivity index (χ4n) is 2.25. The van der Waals surface area contributed by atoms with Gasteiger partial charge in [-0.05, 0) is 20.4 Å². The predicted octanol–water partition coefficient (Wildman–Crippen LogP) is 0.361. The van der Waals surface area contributed by atoms with Crippen molar-refractivity contribution in [2.45, 2.75) is 26.3 Å². The maximum Gasteiger partial charge on any atom is 0.0280 e. The molecule has 3 nitrogen and oxygen atoms in total. The standard InChI is InChI=1S/C10H23N3/c1-4-13-8-7-12(6-5-11)9-10(13,2)3/h4-9,11H2,1-3H3. The van der Waals surface area contributed by atoms with Gasteiger partial charge >= 0.3 is 0 Å². The van der Waals surface area contributed by atoms with Crippen molar-refractivity contribution in [2.24, 2.45) is 5.73 Å². The Morgan fingerprint density at radius 1 is 1.31 bits per heavy atom. The lowest BCUT2D eigenvalue weighted by atomic mass is 9.99. The number of nitrogens with two attached hydrogens (primary N) is 1. The summed E-state index contributed by atoms with van der Waals surface area (Å²) >= 11 is 0. The zero-order chi connectivity index (χ0) is 9.90. The molecule has 0 unspecified atom stereocenters. The smallest absolute Gasteiger partial charge is 0.0280 e. The second-order valence-corrected chi connectivity index (χ2v) is 4.46. The molecule has 0 saturated carbocycles. The molecule has 1 aliphatic rings. The van der Waals surface area contributed by atoms with Crippen molar-refractivity contribution in [1.29, 1.82) is 0 Å². The van der Waals surface area contributed by atoms with Crippen molar-refractivity contribution in [1.82, 2.24) is 9.80 Å². The highest BCUT2D eigenvalue weighted by Gasteiger charge is 2.31. The zero-order valence-corrected chi connectivity index (χ0v) is 9.21. The SMILES string of the molecule is CCN1CCN(CCN)CC1(C)C. The zero-order valence-electron chi connectivity index (χ0n) is 9.21. The third kappa shape index (κ3) is 2.66. The van der Waals surface area contributed by atoms with E-state index in [1.807, 2.05) is 0 Å². The molecule has 78 valence electrons. The van der Waals surface area contributed by atoms with Gasteiger partial charge in [0.1, 0.15) is 0 Å². The lowest BCUT2D eigenvalue weighted by Crippen LogP contribution is -2.59. The molecule has 3 heteroatoms. The molecule has 2 N–H and O–H groups in total. The maximum absolute atomic E-state index is 5.56. The van der Waals surface area contributed by atoms with Gasteiger partial charge in [0, 0.05) is 38.3 Å². The summed E-state index contributed by atoms with van der Waals surface area (Å²) < 4.78 is 0. The lowest BCUT2D eigenvalue weighted by molar-refractivity contribution is 0.0254. The summed E-state index contributed by atoms with van der Waals surface area (Å²) in [5.74, 6) is 0. The minimum atomic E-state index is 0.322. The average molecular weight is 185 g/mol. The van der Waals surface area contributed by atoms with E-state index in [0.717, 1.165) is 26.2 Å². The average Bonchev–Trinajstić information content (AvgIpc) is 2.03. The largest absolute Gasteiger partial charge is 0.329 e. The van der Waals surface area contributed by atoms with E-state index in [4.69, 9.17) is 5.73 Å². The van der Waals surface area contributed by atoms with Gasteiger partial charge in [0.25, 0.3) is 0 Å². The summed E-state index contributed by atoms with van der Waals surface area (Å²) in [6.07, 6.45) is 0. The van der Waals surface area contributed by atoms with Crippen LogP contribution in [-0.2, 0) is 0 Å². The van der Waals surface area contributed by atoms with E-state index >= 15 is 0 Å². The Morgan fingerprint density at radius 2 is 2.00 bits per heavy atom. The molecule has 1 fully saturated rings. The predicted molar refractivity (Wildman–Crippen MR) is 56.8 cm³/mol. The summed E-state index contributed by atoms with van der Waals surface area (Å²) in [6, 6.07) is 0. The number of rotatable bonds is 3. The molecule has 0 aromatic carbocycles. The summed E-state index contributed by atoms with van der Waals surface area (Å²) in [7, 11) is 0. The van der Waals surface area contributed by atoms with E-state index in [0.29, 0.717) is 5.54 Å². The molecule has 0 amide bonds. The van der Waals surface area contributed by atoms with Gasteiger partial charge in [-0.15, -0.1) is 0 Å². The van der Waals surface area contributed by atoms with Gasteiger partial charge < -0.3 is 5.73 Å². The third-order valence-corrected chi connectivity index (χ3v) is 2.98. The second kappa shape index (κ2) is 4.40. The van der Waals surface area contributed by atoms with Crippen LogP contribution in [0, 0.1) is 0 Å². The van der Waals surface area contributed by atoms with Crippen molar-refractivity contribution in [3.8, 4) is 0 Å². The van der Waals surface area contributed by atoms with E-state index < -0.39 is 0 Å². The first-order valence-corrected chi connectivity index (χ1v) is 5.27. The fourth-order valence-corrected chi connectivity index (χ4v) is 2.25. The summed E-state index contributed by atoms with van der Waals surface area (Å²) in [5, 5.41) is 0. The molecule has 0 aliphatic carbocycles. The molecule has 0 aromatic rings. The van der Waals surface area contributed by atoms with Gasteiger partial charge in [0.05, 0.1) is 0 Å². The van der Waals surface area contributed by atoms with Crippen molar-refractivity contribution >= 4 is 0 Å². The highest BCUT2D eigenvalue weighted by Crippen LogP contribution is 2.19. The number of hydrogen-bond acceptors (Lipinski definition) is 3. The van der Waals surface area contributed by atoms with Crippen molar-refractivity contribution in [2.75, 3.05) is 39.3 Å². The minimum absolute atomic E-state index is 0.322. The molecular formula is C10H23N3. The van der Waals surface area contributed by atoms with Gasteiger partial charge in [0.2, 0.25) is 0 Å². The Bertz CT molecular complexity index is 156. The van der Waals surface area contributed by atoms with Crippen LogP contribution < -0.4 is 5.73 Å². The van der Waals surface area contributed by atoms with Crippen LogP contribution in [-0.4, -0.2) is 54.6 Å². The van der Waals surface area contributed by atoms with Crippen LogP contribution in [0.2, 0.25) is 0 Å². The van der Waals surface area contributed by atoms with Crippen LogP contribution in [0.25, 0.3) is 0 Å². The summed E-state index contributed by atoms with van der Waals surface area (Å²) in [6.45, 7) is 13.4. The topological polar surface area (TPSA) is 32.5 Å². The van der Waals surface area contributed by atoms with Crippen LogP contribution in [0.15, 0.2) is 0 Å². The first-order valence-electron chi connectivity index (χ1n) is 5.27. The first-order chi connectivity index (χ1) is 6.10. The second-order valence-electron chi connectivity index (χ2n) is 4.46. The molecular weight excluding hydrogens is 162 g/mol. The molecule has 13 heavy (non-hydrogen) atoms. The van der Waals surface area contributed by atoms with Crippen LogP contribution >= 0.6 is 0 Å². The maximum atomic E-state index is 5.56. The molecule has 1 aliphatic heterocycles. The minimum Gasteiger partial charge on any atom is -0.329 e. The monoisotopic (exact) mass is 185 g/mol. The van der Waals surface area contributed by atoms with Gasteiger partial charge in [-0.25, -0.2) is 0 Å². The molecule has 1 heterocycles. The fraction of sp³-hybridized carbons (Fsp3) is 1.00. The molecule has 0 atom stereocenters. The van der Waals surface area contributed by atoms with Crippen LogP contribution in [0.3, 0.4) is 0 Å². The summed E-state index contributed by atoms with van der Waals surface area (Å²) in [5.41, 5.74) is 5.88. The Kier molecular flexibility index (Phi) is 3.71.